The first-order chi connectivity index (χ1) is 65.9. The van der Waals surface area contributed by atoms with E-state index in [1.165, 1.54) is 102 Å². The number of fused-ring (bicyclic) bond motifs is 4. The Bertz CT molecular complexity index is 5690. The molecule has 3 aromatic heterocycles. The first kappa shape index (κ1) is 95.8. The lowest BCUT2D eigenvalue weighted by atomic mass is 9.74. The molecule has 11 heterocycles. The predicted molar refractivity (Wildman–Crippen MR) is 534 cm³/mol. The van der Waals surface area contributed by atoms with Gasteiger partial charge in [-0.15, -0.1) is 0 Å². The van der Waals surface area contributed by atoms with E-state index in [0.717, 1.165) is 123 Å². The van der Waals surface area contributed by atoms with Crippen LogP contribution < -0.4 is 5.32 Å². The number of aromatic nitrogens is 4. The summed E-state index contributed by atoms with van der Waals surface area (Å²) in [5, 5.41) is 23.9. The maximum atomic E-state index is 13.4. The molecule has 708 valence electrons. The number of rotatable bonds is 19. The third-order valence-electron chi connectivity index (χ3n) is 30.4. The molecule has 11 aromatic rings. The fourth-order valence-electron chi connectivity index (χ4n) is 23.3. The maximum absolute atomic E-state index is 13.4. The summed E-state index contributed by atoms with van der Waals surface area (Å²) < 4.78 is 41.5. The van der Waals surface area contributed by atoms with Crippen LogP contribution in [0, 0.1) is 27.7 Å². The van der Waals surface area contributed by atoms with Crippen molar-refractivity contribution < 1.29 is 42.5 Å². The van der Waals surface area contributed by atoms with Gasteiger partial charge in [-0.1, -0.05) is 207 Å². The van der Waals surface area contributed by atoms with Crippen molar-refractivity contribution >= 4 is 27.9 Å². The summed E-state index contributed by atoms with van der Waals surface area (Å²) >= 11 is 0. The third kappa shape index (κ3) is 21.3. The lowest BCUT2D eigenvalue weighted by Gasteiger charge is -2.57. The van der Waals surface area contributed by atoms with Crippen molar-refractivity contribution in [3.63, 3.8) is 0 Å². The second kappa shape index (κ2) is 44.5. The van der Waals surface area contributed by atoms with Crippen LogP contribution in [0.3, 0.4) is 0 Å². The van der Waals surface area contributed by atoms with Gasteiger partial charge in [0.15, 0.2) is 5.03 Å². The van der Waals surface area contributed by atoms with Crippen LogP contribution in [-0.4, -0.2) is 268 Å². The van der Waals surface area contributed by atoms with E-state index in [1.54, 1.807) is 67.5 Å². The Labute approximate surface area is 798 Å². The molecule has 9 fully saturated rings. The molecule has 0 spiro atoms. The fraction of sp³-hybridized carbons (Fsp3) is 0.429. The minimum atomic E-state index is -3.64. The van der Waals surface area contributed by atoms with Crippen molar-refractivity contribution in [2.75, 3.05) is 119 Å². The Morgan fingerprint density at radius 1 is 0.393 bits per heavy atom. The molecule has 12 atom stereocenters. The second-order valence-corrected chi connectivity index (χ2v) is 40.4. The summed E-state index contributed by atoms with van der Waals surface area (Å²) in [5.41, 5.74) is 21.3. The molecule has 4 amide bonds. The molecule has 20 rings (SSSR count). The van der Waals surface area contributed by atoms with Crippen LogP contribution in [-0.2, 0) is 26.5 Å². The van der Waals surface area contributed by atoms with Gasteiger partial charge in [0.25, 0.3) is 21.8 Å². The highest BCUT2D eigenvalue weighted by atomic mass is 32.2. The summed E-state index contributed by atoms with van der Waals surface area (Å²) in [5.74, 6) is 1.11. The van der Waals surface area contributed by atoms with Gasteiger partial charge >= 0.3 is 6.03 Å². The number of ether oxygens (including phenoxy) is 2. The van der Waals surface area contributed by atoms with E-state index in [1.807, 2.05) is 34.1 Å². The molecule has 3 N–H and O–H groups in total. The van der Waals surface area contributed by atoms with Gasteiger partial charge in [-0.05, 0) is 231 Å². The SMILES string of the molecule is COC[C@@H]1[C@@H](c2ccc(-c3ccccc3C)cc2)[C@H]2CN(C(=O)NC3CCCC3)CCCCN12.COC[C@@H]1[C@H](c2ccc(-c3ccccc3C)cc2)[C@H]2CN(S(=O)(=O)c3cn(C)cn3)CCCCN12.Cc1ccccc1-c1ccc([C@H]2[C@@H](CO)N3CCCCN(C(=O)c4cccnc4)C[C@H]23)cc1.Cc1ccccc1-c1ccc([C@H]2[C@@H](CO)N3CCCCN(C(=O)c4cccnc4)C[C@H]23)cc1. The van der Waals surface area contributed by atoms with E-state index < -0.39 is 10.0 Å². The summed E-state index contributed by atoms with van der Waals surface area (Å²) in [6, 6.07) is 78.9. The van der Waals surface area contributed by atoms with Crippen LogP contribution in [0.5, 0.6) is 0 Å². The first-order valence-corrected chi connectivity index (χ1v) is 50.6. The van der Waals surface area contributed by atoms with Crippen molar-refractivity contribution in [1.29, 1.82) is 0 Å². The molecule has 8 saturated heterocycles. The van der Waals surface area contributed by atoms with Gasteiger partial charge in [0, 0.05) is 183 Å². The quantitative estimate of drug-likeness (QED) is 0.0684. The number of hydrogen-bond acceptors (Lipinski definition) is 16. The number of hydrogen-bond donors (Lipinski definition) is 3. The molecule has 8 aromatic carbocycles. The molecular formula is C112H135N13O9S. The number of benzene rings is 8. The summed E-state index contributed by atoms with van der Waals surface area (Å²) in [7, 11) is 1.69. The number of carbonyl (C=O) groups is 3. The normalized spacial score (nSPS) is 24.0. The van der Waals surface area contributed by atoms with Gasteiger partial charge < -0.3 is 44.3 Å². The number of imidazole rings is 1. The number of urea groups is 1. The minimum Gasteiger partial charge on any atom is -0.395 e. The van der Waals surface area contributed by atoms with E-state index >= 15 is 0 Å². The summed E-state index contributed by atoms with van der Waals surface area (Å²) in [6.07, 6.45) is 22.5. The standard InChI is InChI=1S/C29H39N3O2.2C28H31N3O2.C27H34N4O3S/c1-21-9-3-6-12-25(21)22-13-15-23(16-14-22)28-26-19-31(29(33)30-24-10-4-5-11-24)17-7-8-18-32(26)27(28)20-34-2;2*1-20-7-2-3-9-24(20)21-10-12-22(13-11-21)27-25-18-30(28(33)23-8-6-14-29-17-23)15-4-5-16-31(25)26(27)19-32;1-20-8-4-5-9-23(20)21-10-12-22(13-11-21)27-24-16-30(35(32,33)26-17-29(2)19-28-26)14-6-7-15-31(24)25(27)18-34-3/h3,6,9,12-16,24,26-28H,4-5,7-8,10-11,17-20H2,1-2H3,(H,30,33);2*2-3,6-14,17,25-27,32H,4-5,15-16,18-19H2,1H3;4-5,8-13,17,19,24-25,27H,6-7,14-16,18H2,1-3H3/t26-,27-,28+;2*25-,26-,27-;24-,25-,27-/m1111/s1. The number of amides is 4. The first-order valence-electron chi connectivity index (χ1n) is 49.2. The van der Waals surface area contributed by atoms with E-state index in [4.69, 9.17) is 9.47 Å². The molecule has 23 heteroatoms. The van der Waals surface area contributed by atoms with Crippen molar-refractivity contribution in [3.05, 3.63) is 311 Å². The van der Waals surface area contributed by atoms with E-state index in [9.17, 15) is 33.0 Å². The van der Waals surface area contributed by atoms with E-state index in [-0.39, 0.29) is 90.1 Å². The zero-order chi connectivity index (χ0) is 93.6. The Kier molecular flexibility index (Phi) is 31.6. The van der Waals surface area contributed by atoms with Crippen molar-refractivity contribution in [2.24, 2.45) is 7.05 Å². The maximum Gasteiger partial charge on any atom is 0.317 e. The van der Waals surface area contributed by atoms with Crippen molar-refractivity contribution in [3.8, 4) is 44.5 Å². The van der Waals surface area contributed by atoms with Crippen LogP contribution in [0.25, 0.3) is 44.5 Å². The Morgan fingerprint density at radius 3 is 1.05 bits per heavy atom. The number of sulfonamides is 1. The smallest absolute Gasteiger partial charge is 0.317 e. The highest BCUT2D eigenvalue weighted by Crippen LogP contribution is 2.48. The third-order valence-corrected chi connectivity index (χ3v) is 32.1. The van der Waals surface area contributed by atoms with Gasteiger partial charge in [-0.3, -0.25) is 39.2 Å². The van der Waals surface area contributed by atoms with Crippen LogP contribution >= 0.6 is 0 Å². The molecule has 0 bridgehead atoms. The predicted octanol–water partition coefficient (Wildman–Crippen LogP) is 17.1. The zero-order valence-corrected chi connectivity index (χ0v) is 80.4. The average Bonchev–Trinajstić information content (AvgIpc) is 0.947. The molecule has 8 aliphatic heterocycles. The van der Waals surface area contributed by atoms with Crippen LogP contribution in [0.4, 0.5) is 4.79 Å². The molecule has 1 aliphatic carbocycles. The molecule has 1 saturated carbocycles. The van der Waals surface area contributed by atoms with Crippen LogP contribution in [0.15, 0.2) is 261 Å². The number of aliphatic hydroxyl groups excluding tert-OH is 2. The number of aliphatic hydroxyl groups is 2. The highest BCUT2D eigenvalue weighted by Gasteiger charge is 2.54. The number of pyridine rings is 2. The molecule has 0 unspecified atom stereocenters. The fourth-order valence-corrected chi connectivity index (χ4v) is 24.7. The Morgan fingerprint density at radius 2 is 0.719 bits per heavy atom. The van der Waals surface area contributed by atoms with Crippen molar-refractivity contribution in [1.82, 2.24) is 63.4 Å². The monoisotopic (exact) mass is 1840 g/mol. The van der Waals surface area contributed by atoms with Gasteiger partial charge in [0.2, 0.25) is 0 Å². The second-order valence-electron chi connectivity index (χ2n) is 38.5. The lowest BCUT2D eigenvalue weighted by Crippen LogP contribution is -2.68. The van der Waals surface area contributed by atoms with Gasteiger partial charge in [-0.25, -0.2) is 18.2 Å². The minimum absolute atomic E-state index is 0.0473. The molecule has 0 radical (unpaired) electrons. The van der Waals surface area contributed by atoms with Gasteiger partial charge in [0.05, 0.1) is 43.9 Å². The van der Waals surface area contributed by atoms with Crippen molar-refractivity contribution in [2.45, 2.75) is 188 Å². The van der Waals surface area contributed by atoms with E-state index in [2.05, 4.69) is 267 Å². The molecular weight excluding hydrogens is 1700 g/mol. The number of aryl methyl sites for hydroxylation is 5. The van der Waals surface area contributed by atoms with Crippen LogP contribution in [0.1, 0.15) is 166 Å². The molecule has 135 heavy (non-hydrogen) atoms. The Balaban J connectivity index is 0.000000125. The van der Waals surface area contributed by atoms with Gasteiger partial charge in [0.1, 0.15) is 0 Å². The van der Waals surface area contributed by atoms with E-state index in [0.29, 0.717) is 68.0 Å². The lowest BCUT2D eigenvalue weighted by molar-refractivity contribution is -0.0668. The molecule has 22 nitrogen and oxygen atoms in total. The number of methoxy groups -OCH3 is 2. The van der Waals surface area contributed by atoms with Crippen LogP contribution in [0.2, 0.25) is 0 Å². The zero-order valence-electron chi connectivity index (χ0n) is 79.6. The van der Waals surface area contributed by atoms with Gasteiger partial charge in [-0.2, -0.15) is 4.31 Å². The number of carbonyl (C=O) groups excluding carboxylic acids is 3. The topological polar surface area (TPSA) is 226 Å². The summed E-state index contributed by atoms with van der Waals surface area (Å²) in [6.45, 7) is 19.7. The highest BCUT2D eigenvalue weighted by molar-refractivity contribution is 7.89. The number of nitrogens with zero attached hydrogens (tertiary/aromatic N) is 12. The molecule has 9 aliphatic rings. The Hall–Kier alpha value is -10.9. The summed E-state index contributed by atoms with van der Waals surface area (Å²) in [4.78, 5) is 67.8. The number of nitrogens with one attached hydrogen (secondary N) is 1. The average molecular weight is 1840 g/mol. The largest absolute Gasteiger partial charge is 0.395 e.